The molecule has 0 bridgehead atoms. The Morgan fingerprint density at radius 3 is 2.62 bits per heavy atom. The predicted molar refractivity (Wildman–Crippen MR) is 138 cm³/mol. The zero-order valence-electron chi connectivity index (χ0n) is 21.6. The lowest BCUT2D eigenvalue weighted by molar-refractivity contribution is -0.130. The van der Waals surface area contributed by atoms with E-state index in [2.05, 4.69) is 18.8 Å². The number of aliphatic hydroxyl groups excluding tert-OH is 1. The normalized spacial score (nSPS) is 15.5. The SMILES string of the molecule is CCOc1cc(C2C(C(=O)c3ccc(C)o3)=C(O)C(=O)N2Cc2cccnc2)ccc1OCCC(C)C. The van der Waals surface area contributed by atoms with Crippen LogP contribution in [0, 0.1) is 12.8 Å². The van der Waals surface area contributed by atoms with E-state index in [0.29, 0.717) is 42.0 Å². The molecule has 194 valence electrons. The zero-order valence-corrected chi connectivity index (χ0v) is 21.6. The quantitative estimate of drug-likeness (QED) is 0.340. The van der Waals surface area contributed by atoms with Crippen LogP contribution in [0.5, 0.6) is 11.5 Å². The summed E-state index contributed by atoms with van der Waals surface area (Å²) in [4.78, 5) is 32.4. The van der Waals surface area contributed by atoms with E-state index >= 15 is 0 Å². The Kier molecular flexibility index (Phi) is 7.96. The first kappa shape index (κ1) is 26.0. The van der Waals surface area contributed by atoms with Crippen LogP contribution in [0.4, 0.5) is 0 Å². The van der Waals surface area contributed by atoms with Gasteiger partial charge in [0.25, 0.3) is 5.91 Å². The van der Waals surface area contributed by atoms with Crippen LogP contribution in [-0.2, 0) is 11.3 Å². The van der Waals surface area contributed by atoms with Crippen molar-refractivity contribution in [2.24, 2.45) is 5.92 Å². The molecule has 0 radical (unpaired) electrons. The van der Waals surface area contributed by atoms with E-state index in [-0.39, 0.29) is 17.9 Å². The first-order valence-corrected chi connectivity index (χ1v) is 12.4. The van der Waals surface area contributed by atoms with Crippen molar-refractivity contribution in [1.29, 1.82) is 0 Å². The number of hydrogen-bond donors (Lipinski definition) is 1. The highest BCUT2D eigenvalue weighted by Crippen LogP contribution is 2.42. The molecule has 3 heterocycles. The average molecular weight is 505 g/mol. The van der Waals surface area contributed by atoms with Gasteiger partial charge in [-0.05, 0) is 67.6 Å². The van der Waals surface area contributed by atoms with Gasteiger partial charge < -0.3 is 23.9 Å². The molecule has 37 heavy (non-hydrogen) atoms. The fourth-order valence-electron chi connectivity index (χ4n) is 4.26. The molecular formula is C29H32N2O6. The number of rotatable bonds is 11. The van der Waals surface area contributed by atoms with E-state index in [1.54, 1.807) is 55.7 Å². The molecule has 1 aliphatic heterocycles. The van der Waals surface area contributed by atoms with Gasteiger partial charge in [-0.25, -0.2) is 0 Å². The summed E-state index contributed by atoms with van der Waals surface area (Å²) >= 11 is 0. The van der Waals surface area contributed by atoms with Crippen molar-refractivity contribution >= 4 is 11.7 Å². The molecule has 8 nitrogen and oxygen atoms in total. The van der Waals surface area contributed by atoms with Crippen LogP contribution in [0.25, 0.3) is 0 Å². The van der Waals surface area contributed by atoms with Gasteiger partial charge in [0.15, 0.2) is 23.0 Å². The summed E-state index contributed by atoms with van der Waals surface area (Å²) in [5.74, 6) is 0.400. The molecule has 1 N–H and O–H groups in total. The lowest BCUT2D eigenvalue weighted by atomic mass is 9.94. The maximum atomic E-state index is 13.5. The number of amides is 1. The summed E-state index contributed by atoms with van der Waals surface area (Å²) in [6.45, 7) is 8.94. The molecule has 3 aromatic rings. The predicted octanol–water partition coefficient (Wildman–Crippen LogP) is 5.59. The van der Waals surface area contributed by atoms with E-state index < -0.39 is 23.5 Å². The summed E-state index contributed by atoms with van der Waals surface area (Å²) < 4.78 is 17.4. The van der Waals surface area contributed by atoms with Gasteiger partial charge in [0.2, 0.25) is 5.78 Å². The second-order valence-electron chi connectivity index (χ2n) is 9.37. The summed E-state index contributed by atoms with van der Waals surface area (Å²) in [5.41, 5.74) is 1.32. The van der Waals surface area contributed by atoms with Crippen LogP contribution in [0.1, 0.15) is 60.7 Å². The number of pyridine rings is 1. The summed E-state index contributed by atoms with van der Waals surface area (Å²) in [6, 6.07) is 11.3. The lowest BCUT2D eigenvalue weighted by Gasteiger charge is -2.27. The van der Waals surface area contributed by atoms with Crippen LogP contribution in [0.15, 0.2) is 70.6 Å². The van der Waals surface area contributed by atoms with E-state index in [9.17, 15) is 14.7 Å². The van der Waals surface area contributed by atoms with Crippen LogP contribution in [-0.4, -0.2) is 39.9 Å². The molecule has 0 aliphatic carbocycles. The van der Waals surface area contributed by atoms with Crippen LogP contribution >= 0.6 is 0 Å². The number of carbonyl (C=O) groups excluding carboxylic acids is 2. The maximum Gasteiger partial charge on any atom is 0.290 e. The van der Waals surface area contributed by atoms with E-state index in [1.807, 2.05) is 13.0 Å². The number of ketones is 1. The summed E-state index contributed by atoms with van der Waals surface area (Å²) in [5, 5.41) is 10.9. The van der Waals surface area contributed by atoms with Crippen molar-refractivity contribution < 1.29 is 28.6 Å². The first-order valence-electron chi connectivity index (χ1n) is 12.4. The highest BCUT2D eigenvalue weighted by molar-refractivity contribution is 6.15. The van der Waals surface area contributed by atoms with Gasteiger partial charge in [-0.3, -0.25) is 14.6 Å². The molecule has 4 rings (SSSR count). The molecule has 0 fully saturated rings. The number of aliphatic hydroxyl groups is 1. The van der Waals surface area contributed by atoms with E-state index in [0.717, 1.165) is 12.0 Å². The Balaban J connectivity index is 1.76. The van der Waals surface area contributed by atoms with Crippen molar-refractivity contribution in [3.8, 4) is 11.5 Å². The van der Waals surface area contributed by atoms with Crippen molar-refractivity contribution in [2.75, 3.05) is 13.2 Å². The number of furan rings is 1. The number of nitrogens with zero attached hydrogens (tertiary/aromatic N) is 2. The van der Waals surface area contributed by atoms with Gasteiger partial charge in [-0.15, -0.1) is 0 Å². The largest absolute Gasteiger partial charge is 0.503 e. The molecule has 1 aromatic carbocycles. The summed E-state index contributed by atoms with van der Waals surface area (Å²) in [7, 11) is 0. The number of aryl methyl sites for hydroxylation is 1. The van der Waals surface area contributed by atoms with Gasteiger partial charge >= 0.3 is 0 Å². The molecule has 0 spiro atoms. The highest BCUT2D eigenvalue weighted by Gasteiger charge is 2.44. The Morgan fingerprint density at radius 1 is 1.16 bits per heavy atom. The fourth-order valence-corrected chi connectivity index (χ4v) is 4.26. The minimum atomic E-state index is -0.866. The molecule has 1 unspecified atom stereocenters. The minimum absolute atomic E-state index is 0.0424. The second-order valence-corrected chi connectivity index (χ2v) is 9.37. The van der Waals surface area contributed by atoms with Gasteiger partial charge in [-0.1, -0.05) is 26.0 Å². The van der Waals surface area contributed by atoms with E-state index in [1.165, 1.54) is 4.90 Å². The molecule has 1 amide bonds. The summed E-state index contributed by atoms with van der Waals surface area (Å²) in [6.07, 6.45) is 4.18. The van der Waals surface area contributed by atoms with Gasteiger partial charge in [-0.2, -0.15) is 0 Å². The van der Waals surface area contributed by atoms with Crippen molar-refractivity contribution in [3.05, 3.63) is 88.8 Å². The van der Waals surface area contributed by atoms with Crippen LogP contribution < -0.4 is 9.47 Å². The first-order chi connectivity index (χ1) is 17.8. The van der Waals surface area contributed by atoms with Gasteiger partial charge in [0.1, 0.15) is 5.76 Å². The van der Waals surface area contributed by atoms with Crippen molar-refractivity contribution in [3.63, 3.8) is 0 Å². The molecule has 8 heteroatoms. The topological polar surface area (TPSA) is 102 Å². The fraction of sp³-hybridized carbons (Fsp3) is 0.345. The number of ether oxygens (including phenoxy) is 2. The Bertz CT molecular complexity index is 1290. The monoisotopic (exact) mass is 504 g/mol. The lowest BCUT2D eigenvalue weighted by Crippen LogP contribution is -2.30. The van der Waals surface area contributed by atoms with Crippen molar-refractivity contribution in [2.45, 2.75) is 46.7 Å². The molecule has 0 saturated carbocycles. The molecule has 2 aromatic heterocycles. The minimum Gasteiger partial charge on any atom is -0.503 e. The van der Waals surface area contributed by atoms with Crippen molar-refractivity contribution in [1.82, 2.24) is 9.88 Å². The third kappa shape index (κ3) is 5.69. The van der Waals surface area contributed by atoms with Crippen LogP contribution in [0.2, 0.25) is 0 Å². The number of hydrogen-bond acceptors (Lipinski definition) is 7. The number of aromatic nitrogens is 1. The number of Topliss-reactive ketones (excluding diaryl/α,β-unsaturated/α-hetero) is 1. The third-order valence-corrected chi connectivity index (χ3v) is 6.12. The molecule has 1 aliphatic rings. The van der Waals surface area contributed by atoms with Gasteiger partial charge in [0, 0.05) is 18.9 Å². The highest BCUT2D eigenvalue weighted by atomic mass is 16.5. The maximum absolute atomic E-state index is 13.5. The number of carbonyl (C=O) groups is 2. The molecule has 1 atom stereocenters. The third-order valence-electron chi connectivity index (χ3n) is 6.12. The zero-order chi connectivity index (χ0) is 26.5. The average Bonchev–Trinajstić information content (AvgIpc) is 3.42. The Hall–Kier alpha value is -4.07. The molecular weight excluding hydrogens is 472 g/mol. The Labute approximate surface area is 216 Å². The molecule has 0 saturated heterocycles. The van der Waals surface area contributed by atoms with Crippen LogP contribution in [0.3, 0.4) is 0 Å². The van der Waals surface area contributed by atoms with E-state index in [4.69, 9.17) is 13.9 Å². The smallest absolute Gasteiger partial charge is 0.290 e. The second kappa shape index (κ2) is 11.3. The van der Waals surface area contributed by atoms with Gasteiger partial charge in [0.05, 0.1) is 24.8 Å². The standard InChI is InChI=1S/C29H32N2O6/c1-5-35-24-15-21(9-11-22(24)36-14-12-18(2)3)26-25(27(32)23-10-8-19(4)37-23)28(33)29(34)31(26)17-20-7-6-13-30-16-20/h6-11,13,15-16,18,26,33H,5,12,14,17H2,1-4H3. The Morgan fingerprint density at radius 2 is 1.97 bits per heavy atom. The number of benzene rings is 1.